The molecule has 3 nitrogen and oxygen atoms in total. The lowest BCUT2D eigenvalue weighted by Crippen LogP contribution is -2.33. The van der Waals surface area contributed by atoms with Crippen LogP contribution in [0.5, 0.6) is 5.75 Å². The number of para-hydroxylation sites is 1. The van der Waals surface area contributed by atoms with Gasteiger partial charge in [0.25, 0.3) is 0 Å². The molecule has 19 heavy (non-hydrogen) atoms. The first kappa shape index (κ1) is 15.8. The summed E-state index contributed by atoms with van der Waals surface area (Å²) in [5, 5.41) is 3.02. The number of benzene rings is 1. The molecule has 0 aliphatic carbocycles. The summed E-state index contributed by atoms with van der Waals surface area (Å²) >= 11 is 0. The third-order valence-corrected chi connectivity index (χ3v) is 2.52. The van der Waals surface area contributed by atoms with Crippen LogP contribution < -0.4 is 10.1 Å². The third kappa shape index (κ3) is 6.45. The first-order chi connectivity index (χ1) is 8.92. The molecule has 1 rings (SSSR count). The van der Waals surface area contributed by atoms with Crippen molar-refractivity contribution in [3.63, 3.8) is 0 Å². The van der Waals surface area contributed by atoms with Crippen molar-refractivity contribution in [2.24, 2.45) is 0 Å². The van der Waals surface area contributed by atoms with Crippen LogP contribution >= 0.6 is 0 Å². The summed E-state index contributed by atoms with van der Waals surface area (Å²) in [5.41, 5.74) is 0.989. The molecular formula is C13H19F3N2O. The maximum atomic E-state index is 12.1. The number of hydrogen-bond donors (Lipinski definition) is 1. The predicted molar refractivity (Wildman–Crippen MR) is 68.3 cm³/mol. The highest BCUT2D eigenvalue weighted by Crippen LogP contribution is 2.18. The summed E-state index contributed by atoms with van der Waals surface area (Å²) in [6, 6.07) is 7.48. The summed E-state index contributed by atoms with van der Waals surface area (Å²) in [6.07, 6.45) is -4.17. The largest absolute Gasteiger partial charge is 0.492 e. The van der Waals surface area contributed by atoms with Gasteiger partial charge in [0, 0.05) is 18.7 Å². The lowest BCUT2D eigenvalue weighted by atomic mass is 10.2. The Morgan fingerprint density at radius 2 is 1.95 bits per heavy atom. The van der Waals surface area contributed by atoms with Crippen molar-refractivity contribution in [3.8, 4) is 5.75 Å². The molecule has 0 saturated carbocycles. The fourth-order valence-corrected chi connectivity index (χ4v) is 1.68. The van der Waals surface area contributed by atoms with Crippen molar-refractivity contribution in [1.82, 2.24) is 10.2 Å². The van der Waals surface area contributed by atoms with E-state index in [4.69, 9.17) is 4.74 Å². The molecule has 0 atom stereocenters. The van der Waals surface area contributed by atoms with Crippen LogP contribution in [0.1, 0.15) is 5.56 Å². The fraction of sp³-hybridized carbons (Fsp3) is 0.538. The monoisotopic (exact) mass is 276 g/mol. The Balaban J connectivity index is 2.40. The molecule has 0 aromatic heterocycles. The van der Waals surface area contributed by atoms with Crippen LogP contribution in [0.3, 0.4) is 0 Å². The van der Waals surface area contributed by atoms with E-state index in [1.54, 1.807) is 0 Å². The third-order valence-electron chi connectivity index (χ3n) is 2.52. The van der Waals surface area contributed by atoms with Gasteiger partial charge in [0.15, 0.2) is 0 Å². The smallest absolute Gasteiger partial charge is 0.401 e. The second-order valence-electron chi connectivity index (χ2n) is 4.34. The Kier molecular flexibility index (Phi) is 6.11. The number of hydrogen-bond acceptors (Lipinski definition) is 3. The Labute approximate surface area is 111 Å². The topological polar surface area (TPSA) is 24.5 Å². The predicted octanol–water partition coefficient (Wildman–Crippen LogP) is 2.28. The molecule has 6 heteroatoms. The van der Waals surface area contributed by atoms with Gasteiger partial charge in [0.05, 0.1) is 6.54 Å². The van der Waals surface area contributed by atoms with Crippen LogP contribution in [0.15, 0.2) is 24.3 Å². The van der Waals surface area contributed by atoms with E-state index in [1.807, 2.05) is 31.3 Å². The van der Waals surface area contributed by atoms with Gasteiger partial charge in [-0.3, -0.25) is 4.90 Å². The summed E-state index contributed by atoms with van der Waals surface area (Å²) in [7, 11) is 3.25. The summed E-state index contributed by atoms with van der Waals surface area (Å²) in [4.78, 5) is 1.20. The van der Waals surface area contributed by atoms with Crippen molar-refractivity contribution >= 4 is 0 Å². The number of nitrogens with one attached hydrogen (secondary N) is 1. The summed E-state index contributed by atoms with van der Waals surface area (Å²) in [5.74, 6) is 0.706. The van der Waals surface area contributed by atoms with E-state index in [0.717, 1.165) is 5.56 Å². The standard InChI is InChI=1S/C13H19F3N2O/c1-17-9-11-5-3-4-6-12(11)19-8-7-18(2)10-13(14,15)16/h3-6,17H,7-10H2,1-2H3. The minimum atomic E-state index is -4.17. The van der Waals surface area contributed by atoms with Gasteiger partial charge in [-0.25, -0.2) is 0 Å². The minimum absolute atomic E-state index is 0.229. The number of likely N-dealkylation sites (N-methyl/N-ethyl adjacent to an activating group) is 1. The van der Waals surface area contributed by atoms with Crippen molar-refractivity contribution < 1.29 is 17.9 Å². The number of alkyl halides is 3. The number of halogens is 3. The maximum absolute atomic E-state index is 12.1. The Morgan fingerprint density at radius 1 is 1.26 bits per heavy atom. The van der Waals surface area contributed by atoms with E-state index >= 15 is 0 Å². The molecule has 1 aromatic carbocycles. The quantitative estimate of drug-likeness (QED) is 0.827. The number of ether oxygens (including phenoxy) is 1. The van der Waals surface area contributed by atoms with Gasteiger partial charge in [-0.05, 0) is 20.2 Å². The first-order valence-corrected chi connectivity index (χ1v) is 6.03. The van der Waals surface area contributed by atoms with Crippen LogP contribution in [0.25, 0.3) is 0 Å². The molecule has 0 heterocycles. The molecule has 0 amide bonds. The van der Waals surface area contributed by atoms with Crippen LogP contribution in [-0.4, -0.2) is 44.9 Å². The van der Waals surface area contributed by atoms with E-state index in [9.17, 15) is 13.2 Å². The second kappa shape index (κ2) is 7.35. The Bertz CT molecular complexity index is 382. The highest BCUT2D eigenvalue weighted by molar-refractivity contribution is 5.33. The number of rotatable bonds is 7. The normalized spacial score (nSPS) is 11.9. The van der Waals surface area contributed by atoms with Gasteiger partial charge >= 0.3 is 6.18 Å². The molecule has 0 aliphatic rings. The Hall–Kier alpha value is -1.27. The van der Waals surface area contributed by atoms with E-state index in [2.05, 4.69) is 5.32 Å². The zero-order chi connectivity index (χ0) is 14.3. The average Bonchev–Trinajstić information content (AvgIpc) is 2.29. The van der Waals surface area contributed by atoms with E-state index in [-0.39, 0.29) is 13.2 Å². The number of nitrogens with zero attached hydrogens (tertiary/aromatic N) is 1. The molecule has 0 bridgehead atoms. The van der Waals surface area contributed by atoms with E-state index in [1.165, 1.54) is 11.9 Å². The van der Waals surface area contributed by atoms with E-state index in [0.29, 0.717) is 12.3 Å². The zero-order valence-electron chi connectivity index (χ0n) is 11.1. The summed E-state index contributed by atoms with van der Waals surface area (Å²) < 4.78 is 41.9. The molecule has 0 radical (unpaired) electrons. The Morgan fingerprint density at radius 3 is 2.58 bits per heavy atom. The molecular weight excluding hydrogens is 257 g/mol. The van der Waals surface area contributed by atoms with E-state index < -0.39 is 12.7 Å². The van der Waals surface area contributed by atoms with Crippen LogP contribution in [0.4, 0.5) is 13.2 Å². The van der Waals surface area contributed by atoms with Crippen LogP contribution in [0.2, 0.25) is 0 Å². The van der Waals surface area contributed by atoms with Crippen LogP contribution in [-0.2, 0) is 6.54 Å². The molecule has 1 aromatic rings. The molecule has 0 spiro atoms. The molecule has 1 N–H and O–H groups in total. The molecule has 0 unspecified atom stereocenters. The van der Waals surface area contributed by atoms with Crippen molar-refractivity contribution in [2.75, 3.05) is 33.8 Å². The lowest BCUT2D eigenvalue weighted by molar-refractivity contribution is -0.143. The highest BCUT2D eigenvalue weighted by atomic mass is 19.4. The molecule has 108 valence electrons. The van der Waals surface area contributed by atoms with Gasteiger partial charge < -0.3 is 10.1 Å². The van der Waals surface area contributed by atoms with Gasteiger partial charge in [-0.2, -0.15) is 13.2 Å². The van der Waals surface area contributed by atoms with Gasteiger partial charge in [-0.15, -0.1) is 0 Å². The summed E-state index contributed by atoms with van der Waals surface area (Å²) in [6.45, 7) is 0.198. The van der Waals surface area contributed by atoms with Gasteiger partial charge in [-0.1, -0.05) is 18.2 Å². The second-order valence-corrected chi connectivity index (χ2v) is 4.34. The fourth-order valence-electron chi connectivity index (χ4n) is 1.68. The molecule has 0 aliphatic heterocycles. The molecule has 0 fully saturated rings. The van der Waals surface area contributed by atoms with Crippen molar-refractivity contribution in [3.05, 3.63) is 29.8 Å². The van der Waals surface area contributed by atoms with Crippen molar-refractivity contribution in [2.45, 2.75) is 12.7 Å². The average molecular weight is 276 g/mol. The SMILES string of the molecule is CNCc1ccccc1OCCN(C)CC(F)(F)F. The van der Waals surface area contributed by atoms with Gasteiger partial charge in [0.1, 0.15) is 12.4 Å². The van der Waals surface area contributed by atoms with Gasteiger partial charge in [0.2, 0.25) is 0 Å². The van der Waals surface area contributed by atoms with Crippen LogP contribution in [0, 0.1) is 0 Å². The zero-order valence-corrected chi connectivity index (χ0v) is 11.1. The maximum Gasteiger partial charge on any atom is 0.401 e. The first-order valence-electron chi connectivity index (χ1n) is 6.03. The lowest BCUT2D eigenvalue weighted by Gasteiger charge is -2.19. The van der Waals surface area contributed by atoms with Crippen molar-refractivity contribution in [1.29, 1.82) is 0 Å². The highest BCUT2D eigenvalue weighted by Gasteiger charge is 2.28. The molecule has 0 saturated heterocycles. The minimum Gasteiger partial charge on any atom is -0.492 e.